The van der Waals surface area contributed by atoms with Gasteiger partial charge in [0.2, 0.25) is 0 Å². The quantitative estimate of drug-likeness (QED) is 0.851. The number of hydrogen-bond donors (Lipinski definition) is 2. The zero-order valence-electron chi connectivity index (χ0n) is 9.93. The molecule has 0 atom stereocenters. The summed E-state index contributed by atoms with van der Waals surface area (Å²) in [6, 6.07) is 5.31. The van der Waals surface area contributed by atoms with Crippen LogP contribution in [-0.2, 0) is 12.7 Å². The molecule has 2 N–H and O–H groups in total. The number of aliphatic hydroxyl groups excluding tert-OH is 1. The van der Waals surface area contributed by atoms with Crippen LogP contribution in [0.3, 0.4) is 0 Å². The Kier molecular flexibility index (Phi) is 3.64. The molecule has 5 heteroatoms. The average Bonchev–Trinajstić information content (AvgIpc) is 3.09. The number of halogens is 3. The van der Waals surface area contributed by atoms with Crippen molar-refractivity contribution in [2.75, 3.05) is 13.2 Å². The molecule has 18 heavy (non-hydrogen) atoms. The number of hydrogen-bond acceptors (Lipinski definition) is 2. The lowest BCUT2D eigenvalue weighted by atomic mass is 10.1. The van der Waals surface area contributed by atoms with Crippen LogP contribution in [0.4, 0.5) is 13.2 Å². The largest absolute Gasteiger partial charge is 0.416 e. The van der Waals surface area contributed by atoms with Gasteiger partial charge in [0.15, 0.2) is 0 Å². The molecule has 0 saturated heterocycles. The number of nitrogens with one attached hydrogen (secondary N) is 1. The molecule has 1 saturated carbocycles. The highest BCUT2D eigenvalue weighted by atomic mass is 19.4. The molecule has 0 amide bonds. The van der Waals surface area contributed by atoms with E-state index in [-0.39, 0.29) is 12.0 Å². The molecular formula is C13H16F3NO. The van der Waals surface area contributed by atoms with Crippen LogP contribution in [-0.4, -0.2) is 18.3 Å². The zero-order valence-corrected chi connectivity index (χ0v) is 9.93. The van der Waals surface area contributed by atoms with Crippen molar-refractivity contribution in [1.82, 2.24) is 5.32 Å². The molecule has 1 aromatic rings. The van der Waals surface area contributed by atoms with E-state index in [0.29, 0.717) is 18.7 Å². The van der Waals surface area contributed by atoms with Crippen LogP contribution in [0.1, 0.15) is 24.0 Å². The Morgan fingerprint density at radius 1 is 1.28 bits per heavy atom. The smallest absolute Gasteiger partial charge is 0.396 e. The second kappa shape index (κ2) is 4.90. The Labute approximate surface area is 104 Å². The molecule has 2 rings (SSSR count). The lowest BCUT2D eigenvalue weighted by Crippen LogP contribution is -2.26. The lowest BCUT2D eigenvalue weighted by Gasteiger charge is -2.13. The van der Waals surface area contributed by atoms with E-state index in [2.05, 4.69) is 5.32 Å². The molecular weight excluding hydrogens is 243 g/mol. The van der Waals surface area contributed by atoms with Crippen molar-refractivity contribution in [1.29, 1.82) is 0 Å². The molecule has 0 aromatic heterocycles. The van der Waals surface area contributed by atoms with E-state index < -0.39 is 11.7 Å². The summed E-state index contributed by atoms with van der Waals surface area (Å²) in [7, 11) is 0. The highest BCUT2D eigenvalue weighted by molar-refractivity contribution is 5.25. The lowest BCUT2D eigenvalue weighted by molar-refractivity contribution is -0.137. The number of alkyl halides is 3. The van der Waals surface area contributed by atoms with Gasteiger partial charge in [0.1, 0.15) is 0 Å². The van der Waals surface area contributed by atoms with Gasteiger partial charge < -0.3 is 10.4 Å². The second-order valence-electron chi connectivity index (χ2n) is 4.96. The molecule has 2 nitrogen and oxygen atoms in total. The summed E-state index contributed by atoms with van der Waals surface area (Å²) in [5, 5.41) is 12.2. The highest BCUT2D eigenvalue weighted by Crippen LogP contribution is 2.44. The first-order chi connectivity index (χ1) is 8.45. The van der Waals surface area contributed by atoms with Gasteiger partial charge in [0.05, 0.1) is 5.56 Å². The van der Waals surface area contributed by atoms with Crippen LogP contribution < -0.4 is 5.32 Å². The van der Waals surface area contributed by atoms with Crippen molar-refractivity contribution >= 4 is 0 Å². The predicted molar refractivity (Wildman–Crippen MR) is 61.9 cm³/mol. The molecule has 1 aliphatic carbocycles. The van der Waals surface area contributed by atoms with Crippen LogP contribution in [0.2, 0.25) is 0 Å². The summed E-state index contributed by atoms with van der Waals surface area (Å²) < 4.78 is 37.5. The van der Waals surface area contributed by atoms with Crippen molar-refractivity contribution in [3.8, 4) is 0 Å². The van der Waals surface area contributed by atoms with E-state index in [1.807, 2.05) is 0 Å². The summed E-state index contributed by atoms with van der Waals surface area (Å²) in [6.45, 7) is 1.19. The van der Waals surface area contributed by atoms with Gasteiger partial charge in [-0.05, 0) is 24.5 Å². The molecule has 1 aliphatic rings. The van der Waals surface area contributed by atoms with E-state index >= 15 is 0 Å². The molecule has 100 valence electrons. The third-order valence-corrected chi connectivity index (χ3v) is 3.38. The normalized spacial score (nSPS) is 17.8. The van der Waals surface area contributed by atoms with Crippen LogP contribution in [0.25, 0.3) is 0 Å². The van der Waals surface area contributed by atoms with Gasteiger partial charge in [-0.1, -0.05) is 18.2 Å². The van der Waals surface area contributed by atoms with Crippen molar-refractivity contribution < 1.29 is 18.3 Å². The monoisotopic (exact) mass is 259 g/mol. The van der Waals surface area contributed by atoms with Gasteiger partial charge in [0.25, 0.3) is 0 Å². The van der Waals surface area contributed by atoms with Gasteiger partial charge in [-0.15, -0.1) is 0 Å². The molecule has 0 aliphatic heterocycles. The number of rotatable bonds is 5. The minimum Gasteiger partial charge on any atom is -0.396 e. The summed E-state index contributed by atoms with van der Waals surface area (Å²) in [5.74, 6) is 0. The molecule has 1 fully saturated rings. The first-order valence-electron chi connectivity index (χ1n) is 5.93. The molecule has 0 radical (unpaired) electrons. The van der Waals surface area contributed by atoms with Crippen LogP contribution >= 0.6 is 0 Å². The fourth-order valence-electron chi connectivity index (χ4n) is 1.90. The van der Waals surface area contributed by atoms with Gasteiger partial charge >= 0.3 is 6.18 Å². The molecule has 0 heterocycles. The summed E-state index contributed by atoms with van der Waals surface area (Å²) >= 11 is 0. The second-order valence-corrected chi connectivity index (χ2v) is 4.96. The average molecular weight is 259 g/mol. The minimum atomic E-state index is -4.29. The van der Waals surface area contributed by atoms with Crippen LogP contribution in [0.15, 0.2) is 24.3 Å². The van der Waals surface area contributed by atoms with Crippen molar-refractivity contribution in [3.05, 3.63) is 35.4 Å². The van der Waals surface area contributed by atoms with Crippen LogP contribution in [0, 0.1) is 5.41 Å². The van der Waals surface area contributed by atoms with E-state index in [9.17, 15) is 13.2 Å². The van der Waals surface area contributed by atoms with E-state index in [1.54, 1.807) is 6.07 Å². The SMILES string of the molecule is OCC1(CNCc2cccc(C(F)(F)F)c2)CC1. The maximum Gasteiger partial charge on any atom is 0.416 e. The van der Waals surface area contributed by atoms with E-state index in [1.165, 1.54) is 6.07 Å². The van der Waals surface area contributed by atoms with E-state index in [4.69, 9.17) is 5.11 Å². The zero-order chi connectivity index (χ0) is 13.2. The maximum absolute atomic E-state index is 12.5. The maximum atomic E-state index is 12.5. The van der Waals surface area contributed by atoms with Crippen molar-refractivity contribution in [3.63, 3.8) is 0 Å². The summed E-state index contributed by atoms with van der Waals surface area (Å²) in [6.07, 6.45) is -2.32. The summed E-state index contributed by atoms with van der Waals surface area (Å²) in [5.41, 5.74) is -0.0367. The predicted octanol–water partition coefficient (Wildman–Crippen LogP) is 2.57. The Bertz CT molecular complexity index is 413. The standard InChI is InChI=1S/C13H16F3NO/c14-13(15,16)11-3-1-2-10(6-11)7-17-8-12(9-18)4-5-12/h1-3,6,17-18H,4-5,7-9H2. The van der Waals surface area contributed by atoms with Gasteiger partial charge in [-0.25, -0.2) is 0 Å². The van der Waals surface area contributed by atoms with E-state index in [0.717, 1.165) is 25.0 Å². The molecule has 0 spiro atoms. The van der Waals surface area contributed by atoms with Gasteiger partial charge in [-0.2, -0.15) is 13.2 Å². The third-order valence-electron chi connectivity index (χ3n) is 3.38. The van der Waals surface area contributed by atoms with Crippen molar-refractivity contribution in [2.45, 2.75) is 25.6 Å². The first-order valence-corrected chi connectivity index (χ1v) is 5.93. The molecule has 0 bridgehead atoms. The molecule has 1 aromatic carbocycles. The highest BCUT2D eigenvalue weighted by Gasteiger charge is 2.41. The van der Waals surface area contributed by atoms with Gasteiger partial charge in [-0.3, -0.25) is 0 Å². The van der Waals surface area contributed by atoms with Crippen molar-refractivity contribution in [2.24, 2.45) is 5.41 Å². The third kappa shape index (κ3) is 3.23. The van der Waals surface area contributed by atoms with Crippen LogP contribution in [0.5, 0.6) is 0 Å². The summed E-state index contributed by atoms with van der Waals surface area (Å²) in [4.78, 5) is 0. The fourth-order valence-corrected chi connectivity index (χ4v) is 1.90. The topological polar surface area (TPSA) is 32.3 Å². The Morgan fingerprint density at radius 3 is 2.56 bits per heavy atom. The molecule has 0 unspecified atom stereocenters. The number of aliphatic hydroxyl groups is 1. The minimum absolute atomic E-state index is 0.0262. The Balaban J connectivity index is 1.90. The van der Waals surface area contributed by atoms with Gasteiger partial charge in [0, 0.05) is 25.1 Å². The first kappa shape index (κ1) is 13.4. The Morgan fingerprint density at radius 2 is 2.00 bits per heavy atom. The number of benzene rings is 1. The fraction of sp³-hybridized carbons (Fsp3) is 0.538. The Hall–Kier alpha value is -1.07.